The molecule has 5 heteroatoms. The zero-order valence-electron chi connectivity index (χ0n) is 10.6. The van der Waals surface area contributed by atoms with Gasteiger partial charge in [-0.05, 0) is 12.0 Å². The number of carbonyl (C=O) groups excluding carboxylic acids is 1. The van der Waals surface area contributed by atoms with Crippen LogP contribution in [0, 0.1) is 0 Å². The highest BCUT2D eigenvalue weighted by Gasteiger charge is 2.13. The van der Waals surface area contributed by atoms with E-state index in [1.807, 2.05) is 37.3 Å². The highest BCUT2D eigenvalue weighted by molar-refractivity contribution is 7.84. The van der Waals surface area contributed by atoms with Gasteiger partial charge >= 0.3 is 0 Å². The molecule has 0 saturated carbocycles. The van der Waals surface area contributed by atoms with Crippen LogP contribution in [0.25, 0.3) is 0 Å². The van der Waals surface area contributed by atoms with Crippen molar-refractivity contribution in [3.63, 3.8) is 0 Å². The van der Waals surface area contributed by atoms with E-state index in [4.69, 9.17) is 5.73 Å². The van der Waals surface area contributed by atoms with E-state index in [2.05, 4.69) is 5.32 Å². The van der Waals surface area contributed by atoms with Crippen LogP contribution in [0.4, 0.5) is 0 Å². The molecule has 2 unspecified atom stereocenters. The third-order valence-corrected chi connectivity index (χ3v) is 3.89. The monoisotopic (exact) mass is 268 g/mol. The average Bonchev–Trinajstić information content (AvgIpc) is 2.39. The molecular weight excluding hydrogens is 248 g/mol. The van der Waals surface area contributed by atoms with Gasteiger partial charge < -0.3 is 11.1 Å². The Morgan fingerprint density at radius 3 is 2.67 bits per heavy atom. The van der Waals surface area contributed by atoms with Crippen molar-refractivity contribution in [2.45, 2.75) is 19.4 Å². The summed E-state index contributed by atoms with van der Waals surface area (Å²) < 4.78 is 11.2. The second-order valence-electron chi connectivity index (χ2n) is 4.02. The molecule has 0 aliphatic rings. The minimum absolute atomic E-state index is 0.188. The van der Waals surface area contributed by atoms with E-state index in [0.717, 1.165) is 5.56 Å². The Balaban J connectivity index is 2.31. The minimum atomic E-state index is -0.850. The van der Waals surface area contributed by atoms with Crippen LogP contribution in [0.5, 0.6) is 0 Å². The van der Waals surface area contributed by atoms with Gasteiger partial charge in [0.05, 0.1) is 6.04 Å². The van der Waals surface area contributed by atoms with E-state index < -0.39 is 16.8 Å². The van der Waals surface area contributed by atoms with Crippen LogP contribution >= 0.6 is 0 Å². The lowest BCUT2D eigenvalue weighted by Crippen LogP contribution is -2.43. The third-order valence-electron chi connectivity index (χ3n) is 2.59. The topological polar surface area (TPSA) is 72.2 Å². The molecule has 0 aromatic heterocycles. The van der Waals surface area contributed by atoms with E-state index in [9.17, 15) is 9.00 Å². The average molecular weight is 268 g/mol. The number of amides is 1. The van der Waals surface area contributed by atoms with E-state index in [-0.39, 0.29) is 5.91 Å². The van der Waals surface area contributed by atoms with Crippen molar-refractivity contribution in [2.75, 3.05) is 18.1 Å². The summed E-state index contributed by atoms with van der Waals surface area (Å²) in [4.78, 5) is 11.7. The molecule has 0 fully saturated rings. The van der Waals surface area contributed by atoms with Crippen LogP contribution in [-0.2, 0) is 22.0 Å². The first-order chi connectivity index (χ1) is 8.63. The third kappa shape index (κ3) is 5.42. The van der Waals surface area contributed by atoms with Crippen molar-refractivity contribution in [3.8, 4) is 0 Å². The molecule has 1 aromatic rings. The smallest absolute Gasteiger partial charge is 0.237 e. The van der Waals surface area contributed by atoms with Crippen molar-refractivity contribution < 1.29 is 9.00 Å². The lowest BCUT2D eigenvalue weighted by atomic mass is 10.1. The molecule has 4 nitrogen and oxygen atoms in total. The molecule has 0 radical (unpaired) electrons. The van der Waals surface area contributed by atoms with Gasteiger partial charge in [-0.25, -0.2) is 0 Å². The summed E-state index contributed by atoms with van der Waals surface area (Å²) in [7, 11) is -0.850. The van der Waals surface area contributed by atoms with E-state index >= 15 is 0 Å². The predicted molar refractivity (Wildman–Crippen MR) is 74.7 cm³/mol. The number of rotatable bonds is 7. The van der Waals surface area contributed by atoms with Crippen LogP contribution in [-0.4, -0.2) is 34.2 Å². The summed E-state index contributed by atoms with van der Waals surface area (Å²) in [6.07, 6.45) is 0.517. The molecule has 100 valence electrons. The minimum Gasteiger partial charge on any atom is -0.354 e. The fourth-order valence-corrected chi connectivity index (χ4v) is 2.14. The van der Waals surface area contributed by atoms with Crippen LogP contribution in [0.15, 0.2) is 30.3 Å². The highest BCUT2D eigenvalue weighted by Crippen LogP contribution is 2.01. The Labute approximate surface area is 110 Å². The van der Waals surface area contributed by atoms with Gasteiger partial charge in [-0.2, -0.15) is 0 Å². The molecule has 0 bridgehead atoms. The number of nitrogens with one attached hydrogen (secondary N) is 1. The van der Waals surface area contributed by atoms with E-state index in [0.29, 0.717) is 24.5 Å². The number of carbonyl (C=O) groups is 1. The number of benzene rings is 1. The Bertz CT molecular complexity index is 395. The molecule has 0 saturated heterocycles. The summed E-state index contributed by atoms with van der Waals surface area (Å²) in [6.45, 7) is 2.28. The molecule has 0 aliphatic carbocycles. The summed E-state index contributed by atoms with van der Waals surface area (Å²) in [5, 5.41) is 2.71. The van der Waals surface area contributed by atoms with Gasteiger partial charge in [0.15, 0.2) is 0 Å². The van der Waals surface area contributed by atoms with Crippen LogP contribution in [0.2, 0.25) is 0 Å². The Morgan fingerprint density at radius 2 is 2.06 bits per heavy atom. The fraction of sp³-hybridized carbons (Fsp3) is 0.462. The second kappa shape index (κ2) is 8.00. The molecule has 1 aromatic carbocycles. The Hall–Kier alpha value is -1.20. The van der Waals surface area contributed by atoms with Crippen LogP contribution in [0.1, 0.15) is 12.5 Å². The Morgan fingerprint density at radius 1 is 1.39 bits per heavy atom. The summed E-state index contributed by atoms with van der Waals surface area (Å²) >= 11 is 0. The zero-order chi connectivity index (χ0) is 13.4. The van der Waals surface area contributed by atoms with E-state index in [1.165, 1.54) is 0 Å². The molecule has 1 amide bonds. The molecule has 0 spiro atoms. The molecule has 2 atom stereocenters. The first-order valence-electron chi connectivity index (χ1n) is 6.05. The molecule has 1 rings (SSSR count). The largest absolute Gasteiger partial charge is 0.354 e. The van der Waals surface area contributed by atoms with Gasteiger partial charge in [0.25, 0.3) is 0 Å². The number of nitrogens with two attached hydrogens (primary N) is 1. The quantitative estimate of drug-likeness (QED) is 0.754. The van der Waals surface area contributed by atoms with Gasteiger partial charge in [0.1, 0.15) is 0 Å². The Kier molecular flexibility index (Phi) is 6.60. The predicted octanol–water partition coefficient (Wildman–Crippen LogP) is 0.441. The first-order valence-corrected chi connectivity index (χ1v) is 7.54. The summed E-state index contributed by atoms with van der Waals surface area (Å²) in [6, 6.07) is 9.10. The van der Waals surface area contributed by atoms with Crippen LogP contribution in [0.3, 0.4) is 0 Å². The summed E-state index contributed by atoms with van der Waals surface area (Å²) in [5.74, 6) is 0.915. The number of hydrogen-bond acceptors (Lipinski definition) is 3. The van der Waals surface area contributed by atoms with Gasteiger partial charge in [-0.1, -0.05) is 37.3 Å². The molecular formula is C13H20N2O2S. The maximum atomic E-state index is 11.7. The van der Waals surface area contributed by atoms with Gasteiger partial charge in [0, 0.05) is 28.9 Å². The standard InChI is InChI=1S/C13H20N2O2S/c1-2-18(17)9-8-15-13(16)12(14)10-11-6-4-3-5-7-11/h3-7,12H,2,8-10,14H2,1H3,(H,15,16). The maximum absolute atomic E-state index is 11.7. The van der Waals surface area contributed by atoms with Gasteiger partial charge in [-0.15, -0.1) is 0 Å². The molecule has 0 aliphatic heterocycles. The van der Waals surface area contributed by atoms with Crippen molar-refractivity contribution in [2.24, 2.45) is 5.73 Å². The fourth-order valence-electron chi connectivity index (χ4n) is 1.52. The van der Waals surface area contributed by atoms with Crippen molar-refractivity contribution in [3.05, 3.63) is 35.9 Å². The normalized spacial score (nSPS) is 13.9. The van der Waals surface area contributed by atoms with Crippen molar-refractivity contribution >= 4 is 16.7 Å². The maximum Gasteiger partial charge on any atom is 0.237 e. The molecule has 3 N–H and O–H groups in total. The van der Waals surface area contributed by atoms with Crippen LogP contribution < -0.4 is 11.1 Å². The van der Waals surface area contributed by atoms with Gasteiger partial charge in [-0.3, -0.25) is 9.00 Å². The summed E-state index contributed by atoms with van der Waals surface area (Å²) in [5.41, 5.74) is 6.85. The SMILES string of the molecule is CCS(=O)CCNC(=O)C(N)Cc1ccccc1. The molecule has 0 heterocycles. The van der Waals surface area contributed by atoms with Gasteiger partial charge in [0.2, 0.25) is 5.91 Å². The second-order valence-corrected chi connectivity index (χ2v) is 5.89. The van der Waals surface area contributed by atoms with E-state index in [1.54, 1.807) is 0 Å². The first kappa shape index (κ1) is 14.9. The zero-order valence-corrected chi connectivity index (χ0v) is 11.4. The van der Waals surface area contributed by atoms with Crippen molar-refractivity contribution in [1.82, 2.24) is 5.32 Å². The highest BCUT2D eigenvalue weighted by atomic mass is 32.2. The number of hydrogen-bond donors (Lipinski definition) is 2. The molecule has 18 heavy (non-hydrogen) atoms. The lowest BCUT2D eigenvalue weighted by Gasteiger charge is -2.12. The van der Waals surface area contributed by atoms with Crippen molar-refractivity contribution in [1.29, 1.82) is 0 Å². The lowest BCUT2D eigenvalue weighted by molar-refractivity contribution is -0.122.